The topological polar surface area (TPSA) is 128 Å². The molecule has 0 spiro atoms. The second kappa shape index (κ2) is 6.00. The highest BCUT2D eigenvalue weighted by Crippen LogP contribution is 2.21. The molecule has 8 heteroatoms. The Labute approximate surface area is 92.0 Å². The molecule has 5 atom stereocenters. The number of aliphatic hydroxyl groups excluding tert-OH is 3. The Kier molecular flexibility index (Phi) is 4.94. The van der Waals surface area contributed by atoms with Crippen molar-refractivity contribution in [2.75, 3.05) is 13.2 Å². The van der Waals surface area contributed by atoms with Crippen molar-refractivity contribution < 1.29 is 24.8 Å². The van der Waals surface area contributed by atoms with E-state index in [1.807, 2.05) is 0 Å². The van der Waals surface area contributed by atoms with Crippen LogP contribution in [-0.2, 0) is 9.47 Å². The summed E-state index contributed by atoms with van der Waals surface area (Å²) in [6.45, 7) is 1.74. The maximum atomic E-state index is 9.52. The molecule has 0 unspecified atom stereocenters. The molecule has 1 aliphatic rings. The average molecular weight is 233 g/mol. The molecule has 0 aromatic heterocycles. The summed E-state index contributed by atoms with van der Waals surface area (Å²) in [6, 6.07) is 0. The molecule has 1 aliphatic heterocycles. The highest BCUT2D eigenvalue weighted by atomic mass is 16.7. The van der Waals surface area contributed by atoms with Crippen molar-refractivity contribution in [1.29, 1.82) is 0 Å². The van der Waals surface area contributed by atoms with Crippen LogP contribution in [0.5, 0.6) is 0 Å². The molecule has 0 aliphatic carbocycles. The largest absolute Gasteiger partial charge is 0.388 e. The van der Waals surface area contributed by atoms with Gasteiger partial charge in [-0.25, -0.2) is 0 Å². The molecule has 3 N–H and O–H groups in total. The van der Waals surface area contributed by atoms with Crippen molar-refractivity contribution in [3.63, 3.8) is 0 Å². The van der Waals surface area contributed by atoms with Gasteiger partial charge in [-0.1, -0.05) is 5.11 Å². The van der Waals surface area contributed by atoms with E-state index in [9.17, 15) is 15.3 Å². The zero-order valence-corrected chi connectivity index (χ0v) is 8.80. The lowest BCUT2D eigenvalue weighted by atomic mass is 10.0. The zero-order valence-electron chi connectivity index (χ0n) is 8.80. The fourth-order valence-electron chi connectivity index (χ4n) is 1.41. The SMILES string of the molecule is C[C@@H]1O[C@@H](OCCN=[N+]=[N-])[C@H](O)[C@@H](O)[C@H]1O. The second-order valence-corrected chi connectivity index (χ2v) is 3.51. The normalized spacial score (nSPS) is 39.1. The van der Waals surface area contributed by atoms with Gasteiger partial charge in [0.15, 0.2) is 6.29 Å². The van der Waals surface area contributed by atoms with Gasteiger partial charge < -0.3 is 24.8 Å². The summed E-state index contributed by atoms with van der Waals surface area (Å²) in [5, 5.41) is 31.6. The van der Waals surface area contributed by atoms with E-state index in [1.54, 1.807) is 6.92 Å². The van der Waals surface area contributed by atoms with E-state index in [2.05, 4.69) is 10.0 Å². The summed E-state index contributed by atoms with van der Waals surface area (Å²) >= 11 is 0. The van der Waals surface area contributed by atoms with E-state index in [0.717, 1.165) is 0 Å². The third kappa shape index (κ3) is 3.05. The Hall–Kier alpha value is -0.890. The van der Waals surface area contributed by atoms with Crippen molar-refractivity contribution in [1.82, 2.24) is 0 Å². The quantitative estimate of drug-likeness (QED) is 0.252. The molecule has 1 saturated heterocycles. The van der Waals surface area contributed by atoms with E-state index in [4.69, 9.17) is 15.0 Å². The third-order valence-electron chi connectivity index (χ3n) is 2.35. The molecule has 1 fully saturated rings. The van der Waals surface area contributed by atoms with E-state index >= 15 is 0 Å². The summed E-state index contributed by atoms with van der Waals surface area (Å²) in [4.78, 5) is 2.53. The van der Waals surface area contributed by atoms with Crippen LogP contribution in [0.15, 0.2) is 5.11 Å². The summed E-state index contributed by atoms with van der Waals surface area (Å²) in [5.74, 6) is 0. The predicted octanol–water partition coefficient (Wildman–Crippen LogP) is -0.859. The Morgan fingerprint density at radius 3 is 2.62 bits per heavy atom. The van der Waals surface area contributed by atoms with Crippen molar-refractivity contribution in [2.24, 2.45) is 5.11 Å². The Balaban J connectivity index is 2.44. The molecule has 0 amide bonds. The zero-order chi connectivity index (χ0) is 12.1. The number of hydrogen-bond donors (Lipinski definition) is 3. The molecular weight excluding hydrogens is 218 g/mol. The number of azide groups is 1. The van der Waals surface area contributed by atoms with Crippen molar-refractivity contribution in [3.05, 3.63) is 10.4 Å². The maximum absolute atomic E-state index is 9.52. The van der Waals surface area contributed by atoms with E-state index < -0.39 is 30.7 Å². The number of ether oxygens (including phenoxy) is 2. The molecule has 16 heavy (non-hydrogen) atoms. The number of aliphatic hydroxyl groups is 3. The van der Waals surface area contributed by atoms with Gasteiger partial charge in [-0.05, 0) is 12.5 Å². The summed E-state index contributed by atoms with van der Waals surface area (Å²) in [6.07, 6.45) is -5.44. The van der Waals surface area contributed by atoms with Gasteiger partial charge in [-0.2, -0.15) is 0 Å². The first-order valence-corrected chi connectivity index (χ1v) is 4.90. The standard InChI is InChI=1S/C8H15N3O5/c1-4-5(12)6(13)7(14)8(16-4)15-3-2-10-11-9/h4-8,12-14H,2-3H2,1H3/t4-,5-,6-,7+,8+/m0/s1. The highest BCUT2D eigenvalue weighted by Gasteiger charge is 2.42. The summed E-state index contributed by atoms with van der Waals surface area (Å²) in [5.41, 5.74) is 8.02. The lowest BCUT2D eigenvalue weighted by Crippen LogP contribution is -2.57. The van der Waals surface area contributed by atoms with Crippen LogP contribution in [0.25, 0.3) is 10.4 Å². The van der Waals surface area contributed by atoms with Crippen LogP contribution in [0.1, 0.15) is 6.92 Å². The average Bonchev–Trinajstić information content (AvgIpc) is 2.28. The second-order valence-electron chi connectivity index (χ2n) is 3.51. The van der Waals surface area contributed by atoms with Crippen LogP contribution in [0.2, 0.25) is 0 Å². The maximum Gasteiger partial charge on any atom is 0.186 e. The van der Waals surface area contributed by atoms with Crippen molar-refractivity contribution >= 4 is 0 Å². The van der Waals surface area contributed by atoms with Crippen LogP contribution in [-0.4, -0.2) is 59.2 Å². The summed E-state index contributed by atoms with van der Waals surface area (Å²) in [7, 11) is 0. The molecule has 1 rings (SSSR count). The first kappa shape index (κ1) is 13.2. The Morgan fingerprint density at radius 2 is 2.00 bits per heavy atom. The molecule has 0 aromatic carbocycles. The van der Waals surface area contributed by atoms with Gasteiger partial charge in [0.1, 0.15) is 18.3 Å². The number of nitrogens with zero attached hydrogens (tertiary/aromatic N) is 3. The van der Waals surface area contributed by atoms with Gasteiger partial charge in [0, 0.05) is 11.5 Å². The van der Waals surface area contributed by atoms with Crippen LogP contribution >= 0.6 is 0 Å². The van der Waals surface area contributed by atoms with Gasteiger partial charge in [-0.3, -0.25) is 0 Å². The molecule has 92 valence electrons. The molecule has 0 aromatic rings. The minimum atomic E-state index is -1.32. The lowest BCUT2D eigenvalue weighted by Gasteiger charge is -2.38. The van der Waals surface area contributed by atoms with Gasteiger partial charge in [0.05, 0.1) is 12.7 Å². The first-order chi connectivity index (χ1) is 7.57. The third-order valence-corrected chi connectivity index (χ3v) is 2.35. The lowest BCUT2D eigenvalue weighted by molar-refractivity contribution is -0.292. The van der Waals surface area contributed by atoms with Gasteiger partial charge in [0.25, 0.3) is 0 Å². The molecular formula is C8H15N3O5. The molecule has 0 radical (unpaired) electrons. The Bertz CT molecular complexity index is 270. The number of rotatable bonds is 4. The number of hydrogen-bond acceptors (Lipinski definition) is 6. The summed E-state index contributed by atoms with van der Waals surface area (Å²) < 4.78 is 10.2. The first-order valence-electron chi connectivity index (χ1n) is 4.90. The highest BCUT2D eigenvalue weighted by molar-refractivity contribution is 4.87. The molecule has 1 heterocycles. The fraction of sp³-hybridized carbons (Fsp3) is 1.00. The van der Waals surface area contributed by atoms with E-state index in [1.165, 1.54) is 0 Å². The van der Waals surface area contributed by atoms with E-state index in [-0.39, 0.29) is 13.2 Å². The molecule has 0 bridgehead atoms. The van der Waals surface area contributed by atoms with Crippen molar-refractivity contribution in [2.45, 2.75) is 37.6 Å². The van der Waals surface area contributed by atoms with Gasteiger partial charge in [-0.15, -0.1) is 0 Å². The monoisotopic (exact) mass is 233 g/mol. The molecule has 8 nitrogen and oxygen atoms in total. The minimum absolute atomic E-state index is 0.0708. The van der Waals surface area contributed by atoms with Crippen molar-refractivity contribution in [3.8, 4) is 0 Å². The van der Waals surface area contributed by atoms with Gasteiger partial charge in [0.2, 0.25) is 0 Å². The Morgan fingerprint density at radius 1 is 1.31 bits per heavy atom. The smallest absolute Gasteiger partial charge is 0.186 e. The van der Waals surface area contributed by atoms with Gasteiger partial charge >= 0.3 is 0 Å². The molecule has 0 saturated carbocycles. The minimum Gasteiger partial charge on any atom is -0.388 e. The van der Waals surface area contributed by atoms with Crippen LogP contribution in [0.4, 0.5) is 0 Å². The van der Waals surface area contributed by atoms with Crippen LogP contribution in [0.3, 0.4) is 0 Å². The van der Waals surface area contributed by atoms with Crippen LogP contribution < -0.4 is 0 Å². The predicted molar refractivity (Wildman–Crippen MR) is 52.3 cm³/mol. The van der Waals surface area contributed by atoms with E-state index in [0.29, 0.717) is 0 Å². The fourth-order valence-corrected chi connectivity index (χ4v) is 1.41. The van der Waals surface area contributed by atoms with Crippen LogP contribution in [0, 0.1) is 0 Å².